The predicted molar refractivity (Wildman–Crippen MR) is 52.2 cm³/mol. The summed E-state index contributed by atoms with van der Waals surface area (Å²) in [6.45, 7) is 4.84. The van der Waals surface area contributed by atoms with Crippen LogP contribution in [0.15, 0.2) is 0 Å². The van der Waals surface area contributed by atoms with Crippen LogP contribution in [0.2, 0.25) is 0 Å². The Balaban J connectivity index is 1.92. The van der Waals surface area contributed by atoms with E-state index in [-0.39, 0.29) is 6.10 Å². The van der Waals surface area contributed by atoms with Gasteiger partial charge in [-0.3, -0.25) is 0 Å². The Morgan fingerprint density at radius 1 is 1.15 bits per heavy atom. The normalized spacial score (nSPS) is 64.4. The molecule has 3 rings (SSSR count). The van der Waals surface area contributed by atoms with Gasteiger partial charge in [-0.05, 0) is 48.3 Å². The minimum atomic E-state index is 0.0385. The van der Waals surface area contributed by atoms with Gasteiger partial charge in [0.2, 0.25) is 0 Å². The van der Waals surface area contributed by atoms with Gasteiger partial charge >= 0.3 is 0 Å². The SMILES string of the molecule is C[C@H]1CC[C@H]2[C@@H]3[C@H](O)CC[C@]3(C)[C@H]21. The molecule has 3 aliphatic carbocycles. The van der Waals surface area contributed by atoms with Gasteiger partial charge < -0.3 is 5.11 Å². The monoisotopic (exact) mass is 180 g/mol. The Labute approximate surface area is 80.5 Å². The van der Waals surface area contributed by atoms with Gasteiger partial charge in [0.25, 0.3) is 0 Å². The molecule has 1 nitrogen and oxygen atoms in total. The maximum absolute atomic E-state index is 9.92. The van der Waals surface area contributed by atoms with E-state index >= 15 is 0 Å². The molecule has 13 heavy (non-hydrogen) atoms. The van der Waals surface area contributed by atoms with Gasteiger partial charge in [-0.25, -0.2) is 0 Å². The van der Waals surface area contributed by atoms with E-state index in [0.717, 1.165) is 24.2 Å². The van der Waals surface area contributed by atoms with Crippen LogP contribution in [0.1, 0.15) is 39.5 Å². The zero-order chi connectivity index (χ0) is 9.22. The van der Waals surface area contributed by atoms with Crippen LogP contribution < -0.4 is 0 Å². The molecule has 3 aliphatic rings. The number of hydrogen-bond acceptors (Lipinski definition) is 1. The minimum absolute atomic E-state index is 0.0385. The van der Waals surface area contributed by atoms with Crippen LogP contribution in [0.4, 0.5) is 0 Å². The third kappa shape index (κ3) is 0.782. The van der Waals surface area contributed by atoms with Crippen LogP contribution in [0, 0.1) is 29.1 Å². The predicted octanol–water partition coefficient (Wildman–Crippen LogP) is 2.44. The fraction of sp³-hybridized carbons (Fsp3) is 1.00. The highest BCUT2D eigenvalue weighted by molar-refractivity contribution is 5.15. The first kappa shape index (κ1) is 8.28. The summed E-state index contributed by atoms with van der Waals surface area (Å²) in [6, 6.07) is 0. The summed E-state index contributed by atoms with van der Waals surface area (Å²) < 4.78 is 0. The van der Waals surface area contributed by atoms with Crippen LogP contribution in [0.5, 0.6) is 0 Å². The second-order valence-corrected chi connectivity index (χ2v) is 5.88. The van der Waals surface area contributed by atoms with Crippen LogP contribution in [-0.2, 0) is 0 Å². The first-order valence-corrected chi connectivity index (χ1v) is 5.82. The fourth-order valence-electron chi connectivity index (χ4n) is 5.07. The molecule has 0 aliphatic heterocycles. The van der Waals surface area contributed by atoms with Crippen LogP contribution >= 0.6 is 0 Å². The molecule has 0 spiro atoms. The van der Waals surface area contributed by atoms with E-state index in [4.69, 9.17) is 0 Å². The zero-order valence-corrected chi connectivity index (χ0v) is 8.66. The average molecular weight is 180 g/mol. The maximum atomic E-state index is 9.92. The zero-order valence-electron chi connectivity index (χ0n) is 8.66. The largest absolute Gasteiger partial charge is 0.393 e. The Bertz CT molecular complexity index is 223. The lowest BCUT2D eigenvalue weighted by atomic mass is 9.48. The molecule has 0 radical (unpaired) electrons. The van der Waals surface area contributed by atoms with Crippen molar-refractivity contribution >= 4 is 0 Å². The molecule has 3 fully saturated rings. The average Bonchev–Trinajstić information content (AvgIpc) is 2.49. The Morgan fingerprint density at radius 3 is 2.69 bits per heavy atom. The van der Waals surface area contributed by atoms with Crippen LogP contribution in [-0.4, -0.2) is 11.2 Å². The summed E-state index contributed by atoms with van der Waals surface area (Å²) in [4.78, 5) is 0. The highest BCUT2D eigenvalue weighted by Gasteiger charge is 2.66. The van der Waals surface area contributed by atoms with E-state index in [9.17, 15) is 5.11 Å². The molecule has 1 N–H and O–H groups in total. The topological polar surface area (TPSA) is 20.2 Å². The Hall–Kier alpha value is -0.0400. The van der Waals surface area contributed by atoms with Crippen molar-refractivity contribution in [2.45, 2.75) is 45.6 Å². The van der Waals surface area contributed by atoms with Crippen molar-refractivity contribution in [1.82, 2.24) is 0 Å². The number of aliphatic hydroxyl groups is 1. The van der Waals surface area contributed by atoms with Gasteiger partial charge in [0.15, 0.2) is 0 Å². The molecule has 1 heteroatoms. The van der Waals surface area contributed by atoms with E-state index in [1.807, 2.05) is 0 Å². The van der Waals surface area contributed by atoms with Crippen molar-refractivity contribution in [1.29, 1.82) is 0 Å². The molecule has 3 saturated carbocycles. The molecular formula is C12H20O. The van der Waals surface area contributed by atoms with Gasteiger partial charge in [0.1, 0.15) is 0 Å². The summed E-state index contributed by atoms with van der Waals surface area (Å²) in [5.74, 6) is 3.44. The fourth-order valence-corrected chi connectivity index (χ4v) is 5.07. The van der Waals surface area contributed by atoms with E-state index in [0.29, 0.717) is 11.3 Å². The molecular weight excluding hydrogens is 160 g/mol. The lowest BCUT2D eigenvalue weighted by Gasteiger charge is -2.57. The van der Waals surface area contributed by atoms with E-state index in [1.165, 1.54) is 19.3 Å². The lowest BCUT2D eigenvalue weighted by molar-refractivity contribution is -0.120. The second-order valence-electron chi connectivity index (χ2n) is 5.88. The summed E-state index contributed by atoms with van der Waals surface area (Å²) >= 11 is 0. The van der Waals surface area contributed by atoms with E-state index in [1.54, 1.807) is 0 Å². The third-order valence-electron chi connectivity index (χ3n) is 5.41. The molecule has 0 aromatic heterocycles. The first-order chi connectivity index (χ1) is 6.14. The number of hydrogen-bond donors (Lipinski definition) is 1. The number of aliphatic hydroxyl groups excluding tert-OH is 1. The first-order valence-electron chi connectivity index (χ1n) is 5.82. The van der Waals surface area contributed by atoms with E-state index < -0.39 is 0 Å². The highest BCUT2D eigenvalue weighted by atomic mass is 16.3. The molecule has 0 aromatic carbocycles. The van der Waals surface area contributed by atoms with Gasteiger partial charge in [-0.15, -0.1) is 0 Å². The van der Waals surface area contributed by atoms with Crippen LogP contribution in [0.25, 0.3) is 0 Å². The van der Waals surface area contributed by atoms with Gasteiger partial charge in [0, 0.05) is 0 Å². The summed E-state index contributed by atoms with van der Waals surface area (Å²) in [5.41, 5.74) is 0.528. The van der Waals surface area contributed by atoms with Crippen molar-refractivity contribution in [2.24, 2.45) is 29.1 Å². The molecule has 0 amide bonds. The Morgan fingerprint density at radius 2 is 1.92 bits per heavy atom. The maximum Gasteiger partial charge on any atom is 0.0576 e. The standard InChI is InChI=1S/C12H20O/c1-7-3-4-8-10(7)12(2)6-5-9(13)11(8)12/h7-11,13H,3-6H2,1-2H3/t7-,8+,9+,10-,11+,12+/m0/s1. The molecule has 74 valence electrons. The Kier molecular flexibility index (Phi) is 1.47. The quantitative estimate of drug-likeness (QED) is 0.607. The molecule has 0 unspecified atom stereocenters. The third-order valence-corrected chi connectivity index (χ3v) is 5.41. The van der Waals surface area contributed by atoms with E-state index in [2.05, 4.69) is 13.8 Å². The van der Waals surface area contributed by atoms with Crippen LogP contribution in [0.3, 0.4) is 0 Å². The summed E-state index contributed by atoms with van der Waals surface area (Å²) in [6.07, 6.45) is 5.19. The molecule has 0 aromatic rings. The van der Waals surface area contributed by atoms with Gasteiger partial charge in [0.05, 0.1) is 6.10 Å². The number of rotatable bonds is 0. The minimum Gasteiger partial charge on any atom is -0.393 e. The smallest absolute Gasteiger partial charge is 0.0576 e. The number of fused-ring (bicyclic) bond motifs is 4. The molecule has 0 bridgehead atoms. The highest BCUT2D eigenvalue weighted by Crippen LogP contribution is 2.70. The van der Waals surface area contributed by atoms with Crippen molar-refractivity contribution in [3.8, 4) is 0 Å². The second kappa shape index (κ2) is 2.31. The molecule has 6 atom stereocenters. The van der Waals surface area contributed by atoms with Crippen molar-refractivity contribution in [3.05, 3.63) is 0 Å². The lowest BCUT2D eigenvalue weighted by Crippen LogP contribution is -2.54. The van der Waals surface area contributed by atoms with Crippen molar-refractivity contribution < 1.29 is 5.11 Å². The molecule has 0 heterocycles. The summed E-state index contributed by atoms with van der Waals surface area (Å²) in [5, 5.41) is 9.92. The van der Waals surface area contributed by atoms with Crippen molar-refractivity contribution in [3.63, 3.8) is 0 Å². The van der Waals surface area contributed by atoms with Gasteiger partial charge in [-0.2, -0.15) is 0 Å². The summed E-state index contributed by atoms with van der Waals surface area (Å²) in [7, 11) is 0. The molecule has 0 saturated heterocycles. The van der Waals surface area contributed by atoms with Crippen molar-refractivity contribution in [2.75, 3.05) is 0 Å². The van der Waals surface area contributed by atoms with Gasteiger partial charge in [-0.1, -0.05) is 20.3 Å².